The van der Waals surface area contributed by atoms with E-state index in [0.29, 0.717) is 27.6 Å². The summed E-state index contributed by atoms with van der Waals surface area (Å²) in [6.45, 7) is 0. The highest BCUT2D eigenvalue weighted by Crippen LogP contribution is 2.43. The number of benzene rings is 1. The molecule has 98 valence electrons. The molecule has 0 amide bonds. The molecule has 0 aliphatic heterocycles. The van der Waals surface area contributed by atoms with Crippen molar-refractivity contribution in [2.24, 2.45) is 0 Å². The molecule has 0 saturated heterocycles. The zero-order valence-electron chi connectivity index (χ0n) is 9.83. The lowest BCUT2D eigenvalue weighted by molar-refractivity contribution is 0.983. The van der Waals surface area contributed by atoms with Gasteiger partial charge in [-0.1, -0.05) is 23.2 Å². The van der Waals surface area contributed by atoms with Crippen molar-refractivity contribution in [3.8, 4) is 11.4 Å². The summed E-state index contributed by atoms with van der Waals surface area (Å²) in [5, 5.41) is 1.18. The van der Waals surface area contributed by atoms with Gasteiger partial charge in [0.25, 0.3) is 0 Å². The second kappa shape index (κ2) is 5.07. The molecule has 1 saturated carbocycles. The van der Waals surface area contributed by atoms with Crippen molar-refractivity contribution in [2.45, 2.75) is 18.8 Å². The monoisotopic (exact) mass is 405 g/mol. The quantitative estimate of drug-likeness (QED) is 0.747. The Morgan fingerprint density at radius 3 is 2.63 bits per heavy atom. The predicted octanol–water partition coefficient (Wildman–Crippen LogP) is 4.51. The summed E-state index contributed by atoms with van der Waals surface area (Å²) in [6, 6.07) is 5.25. The number of aromatic nitrogens is 2. The second-order valence-corrected chi connectivity index (χ2v) is 6.45. The lowest BCUT2D eigenvalue weighted by atomic mass is 10.2. The van der Waals surface area contributed by atoms with E-state index in [1.165, 1.54) is 0 Å². The van der Waals surface area contributed by atoms with Crippen molar-refractivity contribution < 1.29 is 0 Å². The van der Waals surface area contributed by atoms with Crippen LogP contribution < -0.4 is 5.73 Å². The molecule has 0 atom stereocenters. The summed E-state index contributed by atoms with van der Waals surface area (Å²) in [5.74, 6) is 1.56. The van der Waals surface area contributed by atoms with Crippen LogP contribution in [0.3, 0.4) is 0 Å². The van der Waals surface area contributed by atoms with E-state index in [-0.39, 0.29) is 0 Å². The molecule has 1 aromatic carbocycles. The maximum absolute atomic E-state index is 6.19. The molecule has 1 heterocycles. The van der Waals surface area contributed by atoms with Gasteiger partial charge in [0.1, 0.15) is 5.82 Å². The van der Waals surface area contributed by atoms with Crippen LogP contribution in [0.4, 0.5) is 5.82 Å². The molecule has 1 aliphatic carbocycles. The third kappa shape index (κ3) is 2.66. The number of hydrogen-bond donors (Lipinski definition) is 1. The summed E-state index contributed by atoms with van der Waals surface area (Å²) in [7, 11) is 0. The normalized spacial score (nSPS) is 14.7. The molecule has 0 radical (unpaired) electrons. The van der Waals surface area contributed by atoms with Crippen molar-refractivity contribution in [3.05, 3.63) is 37.5 Å². The van der Waals surface area contributed by atoms with Crippen molar-refractivity contribution in [1.29, 1.82) is 0 Å². The molecule has 3 nitrogen and oxygen atoms in total. The standard InChI is InChI=1S/C13H10Cl2IN3/c14-7-3-4-9(15)8(5-7)13-18-11(6-1-2-6)10(16)12(17)19-13/h3-6H,1-2H2,(H2,17,18,19). The van der Waals surface area contributed by atoms with Crippen LogP contribution in [0.15, 0.2) is 18.2 Å². The van der Waals surface area contributed by atoms with Crippen LogP contribution in [0.2, 0.25) is 10.0 Å². The number of nitrogens with two attached hydrogens (primary N) is 1. The Morgan fingerprint density at radius 2 is 1.95 bits per heavy atom. The Balaban J connectivity index is 2.17. The van der Waals surface area contributed by atoms with Gasteiger partial charge >= 0.3 is 0 Å². The predicted molar refractivity (Wildman–Crippen MR) is 86.6 cm³/mol. The molecule has 2 aromatic rings. The maximum atomic E-state index is 6.19. The summed E-state index contributed by atoms with van der Waals surface area (Å²) in [6.07, 6.45) is 2.32. The van der Waals surface area contributed by atoms with E-state index in [0.717, 1.165) is 27.7 Å². The van der Waals surface area contributed by atoms with Gasteiger partial charge in [-0.3, -0.25) is 0 Å². The first kappa shape index (κ1) is 13.4. The summed E-state index contributed by atoms with van der Waals surface area (Å²) in [5.41, 5.74) is 7.73. The number of halogens is 3. The van der Waals surface area contributed by atoms with E-state index in [9.17, 15) is 0 Å². The van der Waals surface area contributed by atoms with E-state index in [4.69, 9.17) is 28.9 Å². The zero-order chi connectivity index (χ0) is 13.6. The van der Waals surface area contributed by atoms with Gasteiger partial charge in [-0.05, 0) is 53.6 Å². The average Bonchev–Trinajstić information content (AvgIpc) is 3.20. The molecular formula is C13H10Cl2IN3. The molecule has 1 aliphatic rings. The Labute approximate surface area is 134 Å². The van der Waals surface area contributed by atoms with E-state index < -0.39 is 0 Å². The highest BCUT2D eigenvalue weighted by molar-refractivity contribution is 14.1. The van der Waals surface area contributed by atoms with Crippen LogP contribution >= 0.6 is 45.8 Å². The Hall–Kier alpha value is -0.590. The zero-order valence-corrected chi connectivity index (χ0v) is 13.5. The van der Waals surface area contributed by atoms with Crippen molar-refractivity contribution in [2.75, 3.05) is 5.73 Å². The maximum Gasteiger partial charge on any atom is 0.163 e. The minimum Gasteiger partial charge on any atom is -0.383 e. The fourth-order valence-corrected chi connectivity index (χ4v) is 2.95. The van der Waals surface area contributed by atoms with Crippen LogP contribution in [0.5, 0.6) is 0 Å². The summed E-state index contributed by atoms with van der Waals surface area (Å²) < 4.78 is 0.946. The SMILES string of the molecule is Nc1nc(-c2cc(Cl)ccc2Cl)nc(C2CC2)c1I. The van der Waals surface area contributed by atoms with Gasteiger partial charge in [0.2, 0.25) is 0 Å². The Morgan fingerprint density at radius 1 is 1.21 bits per heavy atom. The van der Waals surface area contributed by atoms with Crippen molar-refractivity contribution in [3.63, 3.8) is 0 Å². The molecule has 1 fully saturated rings. The lowest BCUT2D eigenvalue weighted by Crippen LogP contribution is -2.04. The average molecular weight is 406 g/mol. The van der Waals surface area contributed by atoms with Crippen LogP contribution in [0.1, 0.15) is 24.5 Å². The Kier molecular flexibility index (Phi) is 3.57. The van der Waals surface area contributed by atoms with Gasteiger partial charge in [0.15, 0.2) is 5.82 Å². The fraction of sp³-hybridized carbons (Fsp3) is 0.231. The minimum absolute atomic E-state index is 0.503. The van der Waals surface area contributed by atoms with E-state index >= 15 is 0 Å². The van der Waals surface area contributed by atoms with Gasteiger partial charge in [-0.2, -0.15) is 0 Å². The smallest absolute Gasteiger partial charge is 0.163 e. The topological polar surface area (TPSA) is 51.8 Å². The van der Waals surface area contributed by atoms with Gasteiger partial charge in [0, 0.05) is 16.5 Å². The summed E-state index contributed by atoms with van der Waals surface area (Å²) in [4.78, 5) is 8.96. The summed E-state index contributed by atoms with van der Waals surface area (Å²) >= 11 is 14.4. The van der Waals surface area contributed by atoms with Gasteiger partial charge in [-0.15, -0.1) is 0 Å². The van der Waals surface area contributed by atoms with Crippen LogP contribution in [-0.2, 0) is 0 Å². The number of rotatable bonds is 2. The van der Waals surface area contributed by atoms with E-state index in [2.05, 4.69) is 32.6 Å². The molecule has 3 rings (SSSR count). The van der Waals surface area contributed by atoms with Gasteiger partial charge in [-0.25, -0.2) is 9.97 Å². The third-order valence-electron chi connectivity index (χ3n) is 3.04. The third-order valence-corrected chi connectivity index (χ3v) is 4.71. The molecule has 6 heteroatoms. The largest absolute Gasteiger partial charge is 0.383 e. The van der Waals surface area contributed by atoms with Crippen LogP contribution in [0, 0.1) is 3.57 Å². The van der Waals surface area contributed by atoms with Gasteiger partial charge in [0.05, 0.1) is 14.3 Å². The first-order chi connectivity index (χ1) is 9.06. The van der Waals surface area contributed by atoms with Crippen LogP contribution in [0.25, 0.3) is 11.4 Å². The fourth-order valence-electron chi connectivity index (χ4n) is 1.90. The second-order valence-electron chi connectivity index (χ2n) is 4.53. The van der Waals surface area contributed by atoms with Gasteiger partial charge < -0.3 is 5.73 Å². The molecule has 0 unspecified atom stereocenters. The highest BCUT2D eigenvalue weighted by atomic mass is 127. The highest BCUT2D eigenvalue weighted by Gasteiger charge is 2.29. The van der Waals surface area contributed by atoms with Crippen LogP contribution in [-0.4, -0.2) is 9.97 Å². The number of hydrogen-bond acceptors (Lipinski definition) is 3. The molecule has 0 spiro atoms. The van der Waals surface area contributed by atoms with E-state index in [1.807, 2.05) is 0 Å². The van der Waals surface area contributed by atoms with E-state index in [1.54, 1.807) is 18.2 Å². The van der Waals surface area contributed by atoms with Crippen molar-refractivity contribution >= 4 is 51.6 Å². The van der Waals surface area contributed by atoms with Crippen molar-refractivity contribution in [1.82, 2.24) is 9.97 Å². The number of nitrogen functional groups attached to an aromatic ring is 1. The lowest BCUT2D eigenvalue weighted by Gasteiger charge is -2.09. The molecule has 0 bridgehead atoms. The number of nitrogens with zero attached hydrogens (tertiary/aromatic N) is 2. The Bertz CT molecular complexity index is 657. The molecular weight excluding hydrogens is 396 g/mol. The molecule has 2 N–H and O–H groups in total. The molecule has 19 heavy (non-hydrogen) atoms. The first-order valence-electron chi connectivity index (χ1n) is 5.84. The first-order valence-corrected chi connectivity index (χ1v) is 7.68. The minimum atomic E-state index is 0.503. The number of anilines is 1. The molecule has 1 aromatic heterocycles.